The molecule has 1 unspecified atom stereocenters. The predicted molar refractivity (Wildman–Crippen MR) is 93.4 cm³/mol. The fourth-order valence-corrected chi connectivity index (χ4v) is 3.15. The zero-order valence-electron chi connectivity index (χ0n) is 12.7. The molecule has 23 heavy (non-hydrogen) atoms. The lowest BCUT2D eigenvalue weighted by Crippen LogP contribution is -2.50. The normalized spacial score (nSPS) is 19.1. The number of anilines is 1. The van der Waals surface area contributed by atoms with Gasteiger partial charge in [0.15, 0.2) is 0 Å². The zero-order chi connectivity index (χ0) is 16.1. The molecule has 1 atom stereocenters. The van der Waals surface area contributed by atoms with Crippen LogP contribution in [0.5, 0.6) is 5.75 Å². The van der Waals surface area contributed by atoms with E-state index in [1.54, 1.807) is 0 Å². The van der Waals surface area contributed by atoms with Gasteiger partial charge < -0.3 is 4.74 Å². The van der Waals surface area contributed by atoms with E-state index >= 15 is 0 Å². The second kappa shape index (κ2) is 4.99. The van der Waals surface area contributed by atoms with E-state index in [2.05, 4.69) is 4.99 Å². The van der Waals surface area contributed by atoms with Crippen molar-refractivity contribution in [1.29, 1.82) is 0 Å². The van der Waals surface area contributed by atoms with Crippen molar-refractivity contribution in [3.8, 4) is 5.75 Å². The highest BCUT2D eigenvalue weighted by molar-refractivity contribution is 7.80. The predicted octanol–water partition coefficient (Wildman–Crippen LogP) is 3.19. The maximum absolute atomic E-state index is 12.9. The Morgan fingerprint density at radius 2 is 1.91 bits per heavy atom. The molecule has 0 saturated heterocycles. The molecule has 2 aliphatic rings. The lowest BCUT2D eigenvalue weighted by atomic mass is 10.0. The van der Waals surface area contributed by atoms with Crippen molar-refractivity contribution in [2.24, 2.45) is 4.99 Å². The first-order valence-electron chi connectivity index (χ1n) is 7.36. The largest absolute Gasteiger partial charge is 0.473 e. The minimum atomic E-state index is -0.722. The van der Waals surface area contributed by atoms with Crippen molar-refractivity contribution in [3.05, 3.63) is 59.2 Å². The minimum absolute atomic E-state index is 0.195. The topological polar surface area (TPSA) is 41.9 Å². The maximum atomic E-state index is 12.9. The van der Waals surface area contributed by atoms with E-state index in [9.17, 15) is 4.79 Å². The van der Waals surface area contributed by atoms with Crippen molar-refractivity contribution >= 4 is 34.6 Å². The van der Waals surface area contributed by atoms with Crippen LogP contribution in [-0.2, 0) is 4.79 Å². The van der Waals surface area contributed by atoms with Gasteiger partial charge in [-0.2, -0.15) is 0 Å². The van der Waals surface area contributed by atoms with Gasteiger partial charge in [-0.05, 0) is 61.5 Å². The number of para-hydroxylation sites is 1. The highest BCUT2D eigenvalue weighted by Gasteiger charge is 2.43. The number of hydrogen-bond acceptors (Lipinski definition) is 3. The van der Waals surface area contributed by atoms with Crippen LogP contribution < -0.4 is 9.64 Å². The monoisotopic (exact) mass is 322 g/mol. The van der Waals surface area contributed by atoms with Gasteiger partial charge in [-0.3, -0.25) is 9.69 Å². The standard InChI is InChI=1S/C18H14N2O2S/c1-10-7-8-12(9-11(10)2)20-17(21)16-15(19-18(20)23)13-5-3-4-6-14(13)22-16/h3-9,16H,1-2H3. The van der Waals surface area contributed by atoms with Gasteiger partial charge in [0.1, 0.15) is 11.5 Å². The quantitative estimate of drug-likeness (QED) is 0.757. The summed E-state index contributed by atoms with van der Waals surface area (Å²) in [5.74, 6) is 0.480. The van der Waals surface area contributed by atoms with E-state index in [1.165, 1.54) is 4.90 Å². The SMILES string of the molecule is Cc1ccc(N2C(=O)C3Oc4ccccc4C3=NC2=S)cc1C. The molecule has 2 aliphatic heterocycles. The van der Waals surface area contributed by atoms with Crippen LogP contribution in [0.1, 0.15) is 16.7 Å². The number of amides is 1. The number of thiocarbonyl (C=S) groups is 1. The van der Waals surface area contributed by atoms with Crippen LogP contribution in [0, 0.1) is 13.8 Å². The smallest absolute Gasteiger partial charge is 0.280 e. The van der Waals surface area contributed by atoms with Crippen LogP contribution in [0.3, 0.4) is 0 Å². The molecule has 4 nitrogen and oxygen atoms in total. The van der Waals surface area contributed by atoms with Crippen LogP contribution >= 0.6 is 12.2 Å². The molecular formula is C18H14N2O2S. The van der Waals surface area contributed by atoms with E-state index in [1.807, 2.05) is 56.3 Å². The molecule has 4 rings (SSSR count). The summed E-state index contributed by atoms with van der Waals surface area (Å²) >= 11 is 5.38. The van der Waals surface area contributed by atoms with Gasteiger partial charge in [0.2, 0.25) is 11.2 Å². The van der Waals surface area contributed by atoms with Gasteiger partial charge in [0.05, 0.1) is 5.69 Å². The number of hydrogen-bond donors (Lipinski definition) is 0. The molecule has 0 saturated carbocycles. The molecule has 0 spiro atoms. The number of carbonyl (C=O) groups is 1. The Labute approximate surface area is 139 Å². The van der Waals surface area contributed by atoms with Crippen LogP contribution in [0.25, 0.3) is 0 Å². The Balaban J connectivity index is 1.79. The summed E-state index contributed by atoms with van der Waals surface area (Å²) in [4.78, 5) is 18.8. The van der Waals surface area contributed by atoms with Gasteiger partial charge in [-0.25, -0.2) is 4.99 Å². The van der Waals surface area contributed by atoms with Crippen LogP contribution in [0.2, 0.25) is 0 Å². The summed E-state index contributed by atoms with van der Waals surface area (Å²) in [6.45, 7) is 4.04. The summed E-state index contributed by atoms with van der Waals surface area (Å²) in [7, 11) is 0. The van der Waals surface area contributed by atoms with Crippen molar-refractivity contribution in [3.63, 3.8) is 0 Å². The molecule has 2 aromatic carbocycles. The third-order valence-corrected chi connectivity index (χ3v) is 4.53. The first kappa shape index (κ1) is 14.1. The first-order valence-corrected chi connectivity index (χ1v) is 7.77. The number of aryl methyl sites for hydroxylation is 2. The van der Waals surface area contributed by atoms with Crippen molar-refractivity contribution in [2.45, 2.75) is 20.0 Å². The lowest BCUT2D eigenvalue weighted by Gasteiger charge is -2.28. The average Bonchev–Trinajstić information content (AvgIpc) is 2.90. The number of rotatable bonds is 1. The number of fused-ring (bicyclic) bond motifs is 3. The number of benzene rings is 2. The van der Waals surface area contributed by atoms with E-state index < -0.39 is 6.10 Å². The van der Waals surface area contributed by atoms with Gasteiger partial charge in [0.25, 0.3) is 5.91 Å². The highest BCUT2D eigenvalue weighted by atomic mass is 32.1. The van der Waals surface area contributed by atoms with Crippen molar-refractivity contribution < 1.29 is 9.53 Å². The molecule has 1 amide bonds. The summed E-state index contributed by atoms with van der Waals surface area (Å²) in [5, 5.41) is 0.254. The molecular weight excluding hydrogens is 308 g/mol. The van der Waals surface area contributed by atoms with Crippen LogP contribution in [-0.4, -0.2) is 22.8 Å². The molecule has 2 heterocycles. The van der Waals surface area contributed by atoms with Gasteiger partial charge in [0, 0.05) is 5.56 Å². The summed E-state index contributed by atoms with van der Waals surface area (Å²) in [6, 6.07) is 13.3. The Morgan fingerprint density at radius 3 is 2.70 bits per heavy atom. The Kier molecular flexibility index (Phi) is 3.06. The van der Waals surface area contributed by atoms with E-state index in [0.29, 0.717) is 11.5 Å². The second-order valence-corrected chi connectivity index (χ2v) is 6.08. The highest BCUT2D eigenvalue weighted by Crippen LogP contribution is 2.34. The molecule has 114 valence electrons. The Morgan fingerprint density at radius 1 is 1.13 bits per heavy atom. The molecule has 0 fully saturated rings. The van der Waals surface area contributed by atoms with Gasteiger partial charge >= 0.3 is 0 Å². The van der Waals surface area contributed by atoms with E-state index in [-0.39, 0.29) is 11.0 Å². The Hall–Kier alpha value is -2.53. The first-order chi connectivity index (χ1) is 11.1. The molecule has 0 aliphatic carbocycles. The third kappa shape index (κ3) is 2.08. The number of carbonyl (C=O) groups excluding carboxylic acids is 1. The molecule has 0 aromatic heterocycles. The van der Waals surface area contributed by atoms with Crippen LogP contribution in [0.15, 0.2) is 47.5 Å². The lowest BCUT2D eigenvalue weighted by molar-refractivity contribution is -0.121. The molecule has 0 radical (unpaired) electrons. The molecule has 2 aromatic rings. The summed E-state index contributed by atoms with van der Waals surface area (Å²) < 4.78 is 5.80. The zero-order valence-corrected chi connectivity index (χ0v) is 13.6. The maximum Gasteiger partial charge on any atom is 0.280 e. The average molecular weight is 322 g/mol. The number of nitrogens with zero attached hydrogens (tertiary/aromatic N) is 2. The molecule has 0 N–H and O–H groups in total. The summed E-state index contributed by atoms with van der Waals surface area (Å²) in [6.07, 6.45) is -0.722. The second-order valence-electron chi connectivity index (χ2n) is 5.72. The fraction of sp³-hybridized carbons (Fsp3) is 0.167. The number of aliphatic imine (C=N–C) groups is 1. The van der Waals surface area contributed by atoms with E-state index in [4.69, 9.17) is 17.0 Å². The van der Waals surface area contributed by atoms with Crippen LogP contribution in [0.4, 0.5) is 5.69 Å². The van der Waals surface area contributed by atoms with E-state index in [0.717, 1.165) is 22.4 Å². The molecule has 5 heteroatoms. The fourth-order valence-electron chi connectivity index (χ4n) is 2.86. The van der Waals surface area contributed by atoms with Crippen molar-refractivity contribution in [1.82, 2.24) is 0 Å². The molecule has 0 bridgehead atoms. The third-order valence-electron chi connectivity index (χ3n) is 4.26. The van der Waals surface area contributed by atoms with Gasteiger partial charge in [-0.15, -0.1) is 0 Å². The number of ether oxygens (including phenoxy) is 1. The van der Waals surface area contributed by atoms with Gasteiger partial charge in [-0.1, -0.05) is 18.2 Å². The van der Waals surface area contributed by atoms with Crippen molar-refractivity contribution in [2.75, 3.05) is 4.90 Å². The summed E-state index contributed by atoms with van der Waals surface area (Å²) in [5.41, 5.74) is 4.44. The minimum Gasteiger partial charge on any atom is -0.473 e. The Bertz CT molecular complexity index is 888.